The highest BCUT2D eigenvalue weighted by molar-refractivity contribution is 5.62. The number of nitrogens with one attached hydrogen (secondary N) is 1. The Bertz CT molecular complexity index is 626. The van der Waals surface area contributed by atoms with Gasteiger partial charge in [-0.3, -0.25) is 4.98 Å². The molecule has 112 valence electrons. The predicted molar refractivity (Wildman–Crippen MR) is 71.2 cm³/mol. The quantitative estimate of drug-likeness (QED) is 0.863. The van der Waals surface area contributed by atoms with Gasteiger partial charge in [0.2, 0.25) is 0 Å². The van der Waals surface area contributed by atoms with E-state index in [-0.39, 0.29) is 16.9 Å². The summed E-state index contributed by atoms with van der Waals surface area (Å²) >= 11 is 0. The van der Waals surface area contributed by atoms with E-state index in [1.54, 1.807) is 0 Å². The Kier molecular flexibility index (Phi) is 4.40. The summed E-state index contributed by atoms with van der Waals surface area (Å²) in [6, 6.07) is 3.80. The van der Waals surface area contributed by atoms with Gasteiger partial charge < -0.3 is 5.32 Å². The Hall–Kier alpha value is -2.18. The molecule has 0 amide bonds. The molecule has 0 spiro atoms. The zero-order valence-corrected chi connectivity index (χ0v) is 11.2. The van der Waals surface area contributed by atoms with E-state index in [1.165, 1.54) is 18.3 Å². The number of aromatic nitrogens is 2. The molecule has 0 saturated heterocycles. The number of hydrogen-bond donors (Lipinski definition) is 1. The molecule has 0 aliphatic heterocycles. The molecule has 2 aromatic heterocycles. The highest BCUT2D eigenvalue weighted by Crippen LogP contribution is 2.35. The second-order valence-electron chi connectivity index (χ2n) is 4.41. The van der Waals surface area contributed by atoms with Crippen LogP contribution in [0.25, 0.3) is 11.3 Å². The van der Waals surface area contributed by atoms with Crippen molar-refractivity contribution in [3.63, 3.8) is 0 Å². The van der Waals surface area contributed by atoms with Gasteiger partial charge in [0.15, 0.2) is 5.69 Å². The molecule has 0 atom stereocenters. The molecule has 21 heavy (non-hydrogen) atoms. The van der Waals surface area contributed by atoms with Crippen LogP contribution in [0, 0.1) is 5.82 Å². The van der Waals surface area contributed by atoms with Gasteiger partial charge >= 0.3 is 6.18 Å². The average molecular weight is 299 g/mol. The Morgan fingerprint density at radius 3 is 2.57 bits per heavy atom. The summed E-state index contributed by atoms with van der Waals surface area (Å²) in [4.78, 5) is 7.23. The SMILES string of the molecule is CCCNc1ccc(-c2cncc(F)c2)nc1C(F)(F)F. The lowest BCUT2D eigenvalue weighted by atomic mass is 10.1. The fraction of sp³-hybridized carbons (Fsp3) is 0.286. The summed E-state index contributed by atoms with van der Waals surface area (Å²) in [6.07, 6.45) is -1.66. The lowest BCUT2D eigenvalue weighted by Crippen LogP contribution is -2.14. The Labute approximate surface area is 119 Å². The first-order valence-electron chi connectivity index (χ1n) is 6.35. The van der Waals surface area contributed by atoms with E-state index >= 15 is 0 Å². The fourth-order valence-electron chi connectivity index (χ4n) is 1.79. The van der Waals surface area contributed by atoms with Gasteiger partial charge in [0, 0.05) is 18.3 Å². The molecule has 0 radical (unpaired) electrons. The molecule has 0 bridgehead atoms. The maximum Gasteiger partial charge on any atom is 0.435 e. The maximum atomic E-state index is 13.1. The zero-order valence-electron chi connectivity index (χ0n) is 11.2. The Morgan fingerprint density at radius 1 is 1.19 bits per heavy atom. The summed E-state index contributed by atoms with van der Waals surface area (Å²) in [5.74, 6) is -0.629. The first kappa shape index (κ1) is 15.2. The van der Waals surface area contributed by atoms with Crippen LogP contribution in [-0.2, 0) is 6.18 Å². The number of pyridine rings is 2. The second kappa shape index (κ2) is 6.07. The molecule has 2 rings (SSSR count). The molecule has 0 fully saturated rings. The van der Waals surface area contributed by atoms with Crippen molar-refractivity contribution in [3.05, 3.63) is 42.1 Å². The lowest BCUT2D eigenvalue weighted by Gasteiger charge is -2.14. The van der Waals surface area contributed by atoms with Crippen molar-refractivity contribution in [3.8, 4) is 11.3 Å². The first-order valence-corrected chi connectivity index (χ1v) is 6.35. The van der Waals surface area contributed by atoms with Crippen LogP contribution < -0.4 is 5.32 Å². The van der Waals surface area contributed by atoms with E-state index in [4.69, 9.17) is 0 Å². The lowest BCUT2D eigenvalue weighted by molar-refractivity contribution is -0.140. The molecule has 0 aromatic carbocycles. The number of anilines is 1. The van der Waals surface area contributed by atoms with Gasteiger partial charge in [-0.2, -0.15) is 13.2 Å². The first-order chi connectivity index (χ1) is 9.91. The van der Waals surface area contributed by atoms with Gasteiger partial charge in [0.05, 0.1) is 17.6 Å². The highest BCUT2D eigenvalue weighted by Gasteiger charge is 2.36. The largest absolute Gasteiger partial charge is 0.435 e. The van der Waals surface area contributed by atoms with Crippen LogP contribution in [0.15, 0.2) is 30.6 Å². The van der Waals surface area contributed by atoms with Gasteiger partial charge in [-0.1, -0.05) is 6.92 Å². The van der Waals surface area contributed by atoms with Crippen molar-refractivity contribution in [2.24, 2.45) is 0 Å². The van der Waals surface area contributed by atoms with Crippen LogP contribution in [0.4, 0.5) is 23.2 Å². The molecule has 0 unspecified atom stereocenters. The van der Waals surface area contributed by atoms with E-state index in [1.807, 2.05) is 6.92 Å². The summed E-state index contributed by atoms with van der Waals surface area (Å²) in [6.45, 7) is 2.26. The predicted octanol–water partition coefficient (Wildman–Crippen LogP) is 4.12. The third kappa shape index (κ3) is 3.68. The maximum absolute atomic E-state index is 13.1. The minimum Gasteiger partial charge on any atom is -0.383 e. The second-order valence-corrected chi connectivity index (χ2v) is 4.41. The van der Waals surface area contributed by atoms with Gasteiger partial charge in [-0.15, -0.1) is 0 Å². The minimum atomic E-state index is -4.59. The number of hydrogen-bond acceptors (Lipinski definition) is 3. The molecule has 0 saturated carbocycles. The van der Waals surface area contributed by atoms with Crippen molar-refractivity contribution >= 4 is 5.69 Å². The Morgan fingerprint density at radius 2 is 1.95 bits per heavy atom. The van der Waals surface area contributed by atoms with E-state index in [0.29, 0.717) is 13.0 Å². The summed E-state index contributed by atoms with van der Waals surface area (Å²) in [5, 5.41) is 2.69. The van der Waals surface area contributed by atoms with Gasteiger partial charge in [-0.25, -0.2) is 9.37 Å². The van der Waals surface area contributed by atoms with Crippen LogP contribution >= 0.6 is 0 Å². The van der Waals surface area contributed by atoms with Crippen LogP contribution in [0.1, 0.15) is 19.0 Å². The van der Waals surface area contributed by atoms with Crippen LogP contribution in [0.5, 0.6) is 0 Å². The molecule has 0 aliphatic rings. The molecule has 3 nitrogen and oxygen atoms in total. The normalized spacial score (nSPS) is 11.5. The summed E-state index contributed by atoms with van der Waals surface area (Å²) < 4.78 is 52.3. The number of alkyl halides is 3. The minimum absolute atomic E-state index is 0.0244. The standard InChI is InChI=1S/C14H13F4N3/c1-2-5-20-12-4-3-11(21-13(12)14(16,17)18)9-6-10(15)8-19-7-9/h3-4,6-8,20H,2,5H2,1H3. The molecular weight excluding hydrogens is 286 g/mol. The zero-order chi connectivity index (χ0) is 15.5. The molecule has 1 N–H and O–H groups in total. The van der Waals surface area contributed by atoms with Gasteiger partial charge in [0.1, 0.15) is 5.82 Å². The van der Waals surface area contributed by atoms with Crippen LogP contribution in [0.3, 0.4) is 0 Å². The monoisotopic (exact) mass is 299 g/mol. The van der Waals surface area contributed by atoms with E-state index in [9.17, 15) is 17.6 Å². The van der Waals surface area contributed by atoms with Crippen molar-refractivity contribution < 1.29 is 17.6 Å². The molecule has 0 aliphatic carbocycles. The van der Waals surface area contributed by atoms with E-state index < -0.39 is 17.7 Å². The van der Waals surface area contributed by atoms with Crippen LogP contribution in [0.2, 0.25) is 0 Å². The summed E-state index contributed by atoms with van der Waals surface area (Å²) in [5.41, 5.74) is -0.880. The molecule has 2 heterocycles. The van der Waals surface area contributed by atoms with Gasteiger partial charge in [-0.05, 0) is 24.6 Å². The number of halogens is 4. The Balaban J connectivity index is 2.46. The van der Waals surface area contributed by atoms with E-state index in [0.717, 1.165) is 12.3 Å². The van der Waals surface area contributed by atoms with Crippen molar-refractivity contribution in [1.82, 2.24) is 9.97 Å². The molecular formula is C14H13F4N3. The molecule has 7 heteroatoms. The fourth-order valence-corrected chi connectivity index (χ4v) is 1.79. The van der Waals surface area contributed by atoms with Gasteiger partial charge in [0.25, 0.3) is 0 Å². The third-order valence-corrected chi connectivity index (χ3v) is 2.73. The number of rotatable bonds is 4. The third-order valence-electron chi connectivity index (χ3n) is 2.73. The summed E-state index contributed by atoms with van der Waals surface area (Å²) in [7, 11) is 0. The van der Waals surface area contributed by atoms with Crippen LogP contribution in [-0.4, -0.2) is 16.5 Å². The number of nitrogens with zero attached hydrogens (tertiary/aromatic N) is 2. The molecule has 2 aromatic rings. The smallest absolute Gasteiger partial charge is 0.383 e. The van der Waals surface area contributed by atoms with Crippen molar-refractivity contribution in [2.45, 2.75) is 19.5 Å². The van der Waals surface area contributed by atoms with E-state index in [2.05, 4.69) is 15.3 Å². The van der Waals surface area contributed by atoms with Crippen molar-refractivity contribution in [1.29, 1.82) is 0 Å². The highest BCUT2D eigenvalue weighted by atomic mass is 19.4. The average Bonchev–Trinajstić information content (AvgIpc) is 2.44. The topological polar surface area (TPSA) is 37.8 Å². The van der Waals surface area contributed by atoms with Crippen molar-refractivity contribution in [2.75, 3.05) is 11.9 Å².